The number of para-hydroxylation sites is 1. The van der Waals surface area contributed by atoms with E-state index >= 15 is 0 Å². The number of hydrogen-bond donors (Lipinski definition) is 5. The van der Waals surface area contributed by atoms with Gasteiger partial charge in [0.05, 0.1) is 11.5 Å². The third kappa shape index (κ3) is 3.70. The lowest BCUT2D eigenvalue weighted by Crippen LogP contribution is -2.53. The Morgan fingerprint density at radius 1 is 1.29 bits per heavy atom. The average molecular weight is 387 g/mol. The second kappa shape index (κ2) is 7.97. The Balaban J connectivity index is 1.83. The van der Waals surface area contributed by atoms with Crippen molar-refractivity contribution in [1.82, 2.24) is 5.32 Å². The monoisotopic (exact) mass is 387 g/mol. The Morgan fingerprint density at radius 2 is 2.04 bits per heavy atom. The zero-order valence-corrected chi connectivity index (χ0v) is 14.8. The van der Waals surface area contributed by atoms with Crippen LogP contribution in [-0.2, 0) is 19.5 Å². The molecule has 0 aromatic heterocycles. The molecule has 10 heteroatoms. The highest BCUT2D eigenvalue weighted by atomic mass is 19.1. The molecule has 0 saturated carbocycles. The summed E-state index contributed by atoms with van der Waals surface area (Å²) >= 11 is 0. The summed E-state index contributed by atoms with van der Waals surface area (Å²) in [5, 5.41) is 22.0. The van der Waals surface area contributed by atoms with Crippen LogP contribution in [0.25, 0.3) is 0 Å². The summed E-state index contributed by atoms with van der Waals surface area (Å²) < 4.78 is 19.5. The summed E-state index contributed by atoms with van der Waals surface area (Å²) in [6.07, 6.45) is 0.149. The Hall–Kier alpha value is -2.95. The highest BCUT2D eigenvalue weighted by Crippen LogP contribution is 2.30. The van der Waals surface area contributed by atoms with Crippen LogP contribution < -0.4 is 21.4 Å². The Morgan fingerprint density at radius 3 is 2.68 bits per heavy atom. The highest BCUT2D eigenvalue weighted by Gasteiger charge is 2.38. The minimum atomic E-state index is -1.46. The fraction of sp³-hybridized carbons (Fsp3) is 0.222. The molecule has 0 bridgehead atoms. The fourth-order valence-electron chi connectivity index (χ4n) is 3.20. The van der Waals surface area contributed by atoms with Gasteiger partial charge < -0.3 is 31.6 Å². The van der Waals surface area contributed by atoms with Gasteiger partial charge >= 0.3 is 13.1 Å². The molecule has 2 aromatic rings. The zero-order chi connectivity index (χ0) is 20.4. The molecule has 28 heavy (non-hydrogen) atoms. The molecule has 146 valence electrons. The van der Waals surface area contributed by atoms with E-state index in [0.717, 1.165) is 6.07 Å². The molecule has 1 heterocycles. The van der Waals surface area contributed by atoms with Crippen LogP contribution in [0.5, 0.6) is 5.75 Å². The number of hydrogen-bond acceptors (Lipinski definition) is 6. The van der Waals surface area contributed by atoms with Gasteiger partial charge in [-0.25, -0.2) is 9.18 Å². The van der Waals surface area contributed by atoms with Crippen molar-refractivity contribution in [1.29, 1.82) is 0 Å². The smallest absolute Gasteiger partial charge is 0.534 e. The van der Waals surface area contributed by atoms with Crippen molar-refractivity contribution in [3.63, 3.8) is 0 Å². The highest BCUT2D eigenvalue weighted by molar-refractivity contribution is 6.47. The second-order valence-corrected chi connectivity index (χ2v) is 6.40. The number of carboxylic acids is 1. The number of nitrogens with two attached hydrogens (primary N) is 2. The maximum Gasteiger partial charge on any atom is 0.547 e. The summed E-state index contributed by atoms with van der Waals surface area (Å²) in [5.41, 5.74) is 12.3. The van der Waals surface area contributed by atoms with Crippen molar-refractivity contribution in [3.8, 4) is 5.75 Å². The minimum absolute atomic E-state index is 0.0189. The molecule has 8 nitrogen and oxygen atoms in total. The van der Waals surface area contributed by atoms with Crippen molar-refractivity contribution >= 4 is 19.0 Å². The lowest BCUT2D eigenvalue weighted by molar-refractivity contribution is 0.0693. The molecular formula is C18H19BFN3O5. The van der Waals surface area contributed by atoms with Crippen LogP contribution in [0.2, 0.25) is 0 Å². The molecule has 3 rings (SSSR count). The lowest BCUT2D eigenvalue weighted by Gasteiger charge is -2.29. The van der Waals surface area contributed by atoms with Crippen LogP contribution in [0.3, 0.4) is 0 Å². The summed E-state index contributed by atoms with van der Waals surface area (Å²) in [5.74, 6) is -3.22. The summed E-state index contributed by atoms with van der Waals surface area (Å²) in [6, 6.07) is 7.07. The first-order valence-electron chi connectivity index (χ1n) is 8.57. The van der Waals surface area contributed by atoms with E-state index < -0.39 is 30.8 Å². The van der Waals surface area contributed by atoms with E-state index in [-0.39, 0.29) is 42.0 Å². The van der Waals surface area contributed by atoms with Gasteiger partial charge in [0.2, 0.25) is 0 Å². The van der Waals surface area contributed by atoms with Crippen LogP contribution in [0.15, 0.2) is 30.3 Å². The fourth-order valence-corrected chi connectivity index (χ4v) is 3.20. The van der Waals surface area contributed by atoms with Crippen LogP contribution in [0, 0.1) is 5.82 Å². The molecule has 1 atom stereocenters. The van der Waals surface area contributed by atoms with Crippen molar-refractivity contribution in [3.05, 3.63) is 64.0 Å². The van der Waals surface area contributed by atoms with Crippen LogP contribution in [0.4, 0.5) is 4.39 Å². The van der Waals surface area contributed by atoms with E-state index in [4.69, 9.17) is 16.1 Å². The van der Waals surface area contributed by atoms with E-state index in [0.29, 0.717) is 11.1 Å². The largest absolute Gasteiger partial charge is 0.547 e. The van der Waals surface area contributed by atoms with E-state index in [2.05, 4.69) is 5.32 Å². The quantitative estimate of drug-likeness (QED) is 0.460. The first-order chi connectivity index (χ1) is 13.3. The van der Waals surface area contributed by atoms with Gasteiger partial charge in [0.1, 0.15) is 11.6 Å². The second-order valence-electron chi connectivity index (χ2n) is 6.40. The van der Waals surface area contributed by atoms with Gasteiger partial charge in [0.15, 0.2) is 0 Å². The lowest BCUT2D eigenvalue weighted by atomic mass is 9.72. The number of aromatic carboxylic acids is 1. The average Bonchev–Trinajstić information content (AvgIpc) is 2.67. The van der Waals surface area contributed by atoms with Crippen LogP contribution in [-0.4, -0.2) is 35.1 Å². The summed E-state index contributed by atoms with van der Waals surface area (Å²) in [4.78, 5) is 23.8. The number of rotatable bonds is 5. The normalized spacial score (nSPS) is 15.6. The standard InChI is InChI=1S/C18H19BFN3O5/c20-14-5-10(4-11(7-21)13(14)8-22)17(24)23-15-6-9-2-1-3-12(18(25)26)16(9)28-19(15)27/h1-5,15,27H,6-8,21-22H2,(H,23,24)(H,25,26). The van der Waals surface area contributed by atoms with Crippen molar-refractivity contribution in [2.45, 2.75) is 25.5 Å². The first-order valence-corrected chi connectivity index (χ1v) is 8.57. The van der Waals surface area contributed by atoms with Crippen molar-refractivity contribution in [2.75, 3.05) is 0 Å². The van der Waals surface area contributed by atoms with E-state index in [1.54, 1.807) is 12.1 Å². The van der Waals surface area contributed by atoms with Crippen molar-refractivity contribution in [2.24, 2.45) is 11.5 Å². The van der Waals surface area contributed by atoms with Gasteiger partial charge in [-0.1, -0.05) is 12.1 Å². The summed E-state index contributed by atoms with van der Waals surface area (Å²) in [6.45, 7) is -0.0246. The molecule has 1 amide bonds. The Labute approximate surface area is 160 Å². The maximum atomic E-state index is 14.2. The molecule has 1 aliphatic heterocycles. The van der Waals surface area contributed by atoms with Gasteiger partial charge in [-0.3, -0.25) is 4.79 Å². The molecule has 0 saturated heterocycles. The minimum Gasteiger partial charge on any atom is -0.534 e. The summed E-state index contributed by atoms with van der Waals surface area (Å²) in [7, 11) is -1.46. The van der Waals surface area contributed by atoms with E-state index in [9.17, 15) is 24.1 Å². The topological polar surface area (TPSA) is 148 Å². The van der Waals surface area contributed by atoms with Gasteiger partial charge in [-0.05, 0) is 35.7 Å². The van der Waals surface area contributed by atoms with Gasteiger partial charge in [0, 0.05) is 24.2 Å². The molecule has 7 N–H and O–H groups in total. The maximum absolute atomic E-state index is 14.2. The van der Waals surface area contributed by atoms with Crippen LogP contribution in [0.1, 0.15) is 37.4 Å². The number of amides is 1. The number of fused-ring (bicyclic) bond motifs is 1. The molecule has 0 radical (unpaired) electrons. The number of carbonyl (C=O) groups excluding carboxylic acids is 1. The van der Waals surface area contributed by atoms with Crippen LogP contribution >= 0.6 is 0 Å². The van der Waals surface area contributed by atoms with Gasteiger partial charge in [-0.15, -0.1) is 0 Å². The molecule has 0 fully saturated rings. The SMILES string of the molecule is NCc1cc(C(=O)NC2Cc3cccc(C(=O)O)c3OB2O)cc(F)c1CN. The van der Waals surface area contributed by atoms with E-state index in [1.165, 1.54) is 12.1 Å². The molecular weight excluding hydrogens is 368 g/mol. The molecule has 1 aliphatic rings. The van der Waals surface area contributed by atoms with Crippen molar-refractivity contribution < 1.29 is 28.8 Å². The number of nitrogens with one attached hydrogen (secondary N) is 1. The third-order valence-corrected chi connectivity index (χ3v) is 4.64. The Kier molecular flexibility index (Phi) is 5.64. The predicted molar refractivity (Wildman–Crippen MR) is 99.1 cm³/mol. The number of benzene rings is 2. The van der Waals surface area contributed by atoms with E-state index in [1.807, 2.05) is 0 Å². The number of halogens is 1. The third-order valence-electron chi connectivity index (χ3n) is 4.64. The number of carboxylic acid groups (broad SMARTS) is 1. The Bertz CT molecular complexity index is 940. The molecule has 0 aliphatic carbocycles. The molecule has 2 aromatic carbocycles. The van der Waals surface area contributed by atoms with Gasteiger partial charge in [0.25, 0.3) is 5.91 Å². The molecule has 0 spiro atoms. The molecule has 1 unspecified atom stereocenters. The zero-order valence-electron chi connectivity index (χ0n) is 14.8. The predicted octanol–water partition coefficient (Wildman–Crippen LogP) is 0.194. The number of carbonyl (C=O) groups is 2. The first kappa shape index (κ1) is 19.8. The van der Waals surface area contributed by atoms with Gasteiger partial charge in [-0.2, -0.15) is 0 Å².